The van der Waals surface area contributed by atoms with E-state index in [1.54, 1.807) is 32.2 Å². The molecule has 0 spiro atoms. The standard InChI is InChI=1S/C19H27N3O4/c1-12(2)17(19(24)22(4)11-13(3)10-20)21-18(23)14-7-15(25-5)9-16(8-14)26-6/h7-9,12-13,17H,11H2,1-6H3,(H,21,23)/t13-,17+/m0/s1. The molecule has 1 N–H and O–H groups in total. The zero-order valence-electron chi connectivity index (χ0n) is 16.2. The lowest BCUT2D eigenvalue weighted by Gasteiger charge is -2.27. The minimum Gasteiger partial charge on any atom is -0.497 e. The van der Waals surface area contributed by atoms with Gasteiger partial charge < -0.3 is 19.7 Å². The molecule has 0 unspecified atom stereocenters. The smallest absolute Gasteiger partial charge is 0.252 e. The topological polar surface area (TPSA) is 91.7 Å². The van der Waals surface area contributed by atoms with Crippen LogP contribution in [-0.2, 0) is 4.79 Å². The normalized spacial score (nSPS) is 12.7. The van der Waals surface area contributed by atoms with Gasteiger partial charge in [-0.3, -0.25) is 9.59 Å². The van der Waals surface area contributed by atoms with E-state index >= 15 is 0 Å². The van der Waals surface area contributed by atoms with Crippen LogP contribution >= 0.6 is 0 Å². The highest BCUT2D eigenvalue weighted by atomic mass is 16.5. The predicted molar refractivity (Wildman–Crippen MR) is 98.1 cm³/mol. The first-order chi connectivity index (χ1) is 12.2. The summed E-state index contributed by atoms with van der Waals surface area (Å²) in [6.45, 7) is 5.77. The zero-order chi connectivity index (χ0) is 19.9. The summed E-state index contributed by atoms with van der Waals surface area (Å²) in [6, 6.07) is 6.24. The van der Waals surface area contributed by atoms with Gasteiger partial charge in [-0.15, -0.1) is 0 Å². The van der Waals surface area contributed by atoms with Crippen molar-refractivity contribution in [3.05, 3.63) is 23.8 Å². The van der Waals surface area contributed by atoms with Crippen LogP contribution in [0.5, 0.6) is 11.5 Å². The Morgan fingerprint density at radius 1 is 1.15 bits per heavy atom. The van der Waals surface area contributed by atoms with Crippen molar-refractivity contribution < 1.29 is 19.1 Å². The SMILES string of the molecule is COc1cc(OC)cc(C(=O)N[C@@H](C(=O)N(C)C[C@@H](C)C#N)C(C)C)c1. The van der Waals surface area contributed by atoms with Gasteiger partial charge in [-0.1, -0.05) is 13.8 Å². The largest absolute Gasteiger partial charge is 0.497 e. The molecule has 1 rings (SSSR count). The van der Waals surface area contributed by atoms with Crippen LogP contribution in [0.25, 0.3) is 0 Å². The second kappa shape index (κ2) is 9.66. The van der Waals surface area contributed by atoms with Crippen LogP contribution in [0.3, 0.4) is 0 Å². The van der Waals surface area contributed by atoms with E-state index in [0.29, 0.717) is 23.6 Å². The maximum atomic E-state index is 12.7. The van der Waals surface area contributed by atoms with Crippen molar-refractivity contribution in [2.24, 2.45) is 11.8 Å². The number of carbonyl (C=O) groups excluding carboxylic acids is 2. The van der Waals surface area contributed by atoms with Gasteiger partial charge in [0.1, 0.15) is 17.5 Å². The van der Waals surface area contributed by atoms with Gasteiger partial charge in [0.25, 0.3) is 5.91 Å². The zero-order valence-corrected chi connectivity index (χ0v) is 16.2. The Balaban J connectivity index is 2.98. The number of rotatable bonds is 8. The minimum atomic E-state index is -0.699. The molecule has 0 fully saturated rings. The maximum absolute atomic E-state index is 12.7. The number of methoxy groups -OCH3 is 2. The summed E-state index contributed by atoms with van der Waals surface area (Å²) < 4.78 is 10.4. The molecule has 0 saturated carbocycles. The minimum absolute atomic E-state index is 0.112. The van der Waals surface area contributed by atoms with Gasteiger partial charge in [0.2, 0.25) is 5.91 Å². The lowest BCUT2D eigenvalue weighted by molar-refractivity contribution is -0.133. The number of carbonyl (C=O) groups is 2. The molecule has 0 aliphatic carbocycles. The molecule has 0 heterocycles. The number of ether oxygens (including phenoxy) is 2. The van der Waals surface area contributed by atoms with Gasteiger partial charge >= 0.3 is 0 Å². The molecule has 7 nitrogen and oxygen atoms in total. The first kappa shape index (κ1) is 21.3. The quantitative estimate of drug-likeness (QED) is 0.765. The van der Waals surface area contributed by atoms with E-state index < -0.39 is 11.9 Å². The molecular weight excluding hydrogens is 334 g/mol. The molecule has 0 aliphatic heterocycles. The molecule has 142 valence electrons. The predicted octanol–water partition coefficient (Wildman–Crippen LogP) is 2.08. The second-order valence-corrected chi connectivity index (χ2v) is 6.55. The number of nitrogens with zero attached hydrogens (tertiary/aromatic N) is 2. The van der Waals surface area contributed by atoms with Gasteiger partial charge in [-0.25, -0.2) is 0 Å². The van der Waals surface area contributed by atoms with Crippen molar-refractivity contribution >= 4 is 11.8 Å². The monoisotopic (exact) mass is 361 g/mol. The van der Waals surface area contributed by atoms with Crippen LogP contribution in [-0.4, -0.2) is 50.6 Å². The van der Waals surface area contributed by atoms with Crippen molar-refractivity contribution in [2.75, 3.05) is 27.8 Å². The van der Waals surface area contributed by atoms with E-state index in [0.717, 1.165) is 0 Å². The summed E-state index contributed by atoms with van der Waals surface area (Å²) in [5.41, 5.74) is 0.340. The Morgan fingerprint density at radius 3 is 2.12 bits per heavy atom. The van der Waals surface area contributed by atoms with E-state index in [-0.39, 0.29) is 17.7 Å². The molecule has 26 heavy (non-hydrogen) atoms. The first-order valence-electron chi connectivity index (χ1n) is 8.42. The van der Waals surface area contributed by atoms with Crippen LogP contribution in [0, 0.1) is 23.2 Å². The van der Waals surface area contributed by atoms with Crippen molar-refractivity contribution in [3.8, 4) is 17.6 Å². The number of benzene rings is 1. The summed E-state index contributed by atoms with van der Waals surface area (Å²) in [4.78, 5) is 26.8. The van der Waals surface area contributed by atoms with E-state index in [9.17, 15) is 9.59 Å². The molecule has 0 radical (unpaired) electrons. The number of likely N-dealkylation sites (N-methyl/N-ethyl adjacent to an activating group) is 1. The fourth-order valence-electron chi connectivity index (χ4n) is 2.46. The van der Waals surface area contributed by atoms with Crippen LogP contribution in [0.1, 0.15) is 31.1 Å². The highest BCUT2D eigenvalue weighted by Gasteiger charge is 2.28. The summed E-state index contributed by atoms with van der Waals surface area (Å²) in [7, 11) is 4.64. The Hall–Kier alpha value is -2.75. The summed E-state index contributed by atoms with van der Waals surface area (Å²) in [5, 5.41) is 11.7. The number of nitrogens with one attached hydrogen (secondary N) is 1. The Kier molecular flexibility index (Phi) is 7.91. The maximum Gasteiger partial charge on any atom is 0.252 e. The van der Waals surface area contributed by atoms with Crippen molar-refractivity contribution in [1.29, 1.82) is 5.26 Å². The number of hydrogen-bond acceptors (Lipinski definition) is 5. The third-order valence-electron chi connectivity index (χ3n) is 3.98. The van der Waals surface area contributed by atoms with Gasteiger partial charge in [0.15, 0.2) is 0 Å². The molecule has 0 aliphatic rings. The summed E-state index contributed by atoms with van der Waals surface area (Å²) in [5.74, 6) is -0.0426. The van der Waals surface area contributed by atoms with E-state index in [1.807, 2.05) is 13.8 Å². The lowest BCUT2D eigenvalue weighted by Crippen LogP contribution is -2.50. The highest BCUT2D eigenvalue weighted by molar-refractivity contribution is 5.98. The van der Waals surface area contributed by atoms with Crippen molar-refractivity contribution in [3.63, 3.8) is 0 Å². The molecule has 0 aromatic heterocycles. The number of nitriles is 1. The van der Waals surface area contributed by atoms with Gasteiger partial charge in [0, 0.05) is 25.2 Å². The Bertz CT molecular complexity index is 660. The second-order valence-electron chi connectivity index (χ2n) is 6.55. The Labute approximate surface area is 154 Å². The van der Waals surface area contributed by atoms with Crippen LogP contribution in [0.2, 0.25) is 0 Å². The highest BCUT2D eigenvalue weighted by Crippen LogP contribution is 2.22. The van der Waals surface area contributed by atoms with E-state index in [1.165, 1.54) is 19.1 Å². The third-order valence-corrected chi connectivity index (χ3v) is 3.98. The van der Waals surface area contributed by atoms with Gasteiger partial charge in [-0.05, 0) is 25.0 Å². The summed E-state index contributed by atoms with van der Waals surface area (Å²) >= 11 is 0. The van der Waals surface area contributed by atoms with Crippen LogP contribution in [0.15, 0.2) is 18.2 Å². The molecule has 1 aromatic rings. The molecule has 0 saturated heterocycles. The molecule has 1 aromatic carbocycles. The van der Waals surface area contributed by atoms with Gasteiger partial charge in [0.05, 0.1) is 26.2 Å². The lowest BCUT2D eigenvalue weighted by atomic mass is 10.0. The van der Waals surface area contributed by atoms with Crippen molar-refractivity contribution in [1.82, 2.24) is 10.2 Å². The van der Waals surface area contributed by atoms with Crippen LogP contribution < -0.4 is 14.8 Å². The van der Waals surface area contributed by atoms with E-state index in [4.69, 9.17) is 14.7 Å². The number of hydrogen-bond donors (Lipinski definition) is 1. The average molecular weight is 361 g/mol. The van der Waals surface area contributed by atoms with Crippen molar-refractivity contribution in [2.45, 2.75) is 26.8 Å². The number of amides is 2. The Morgan fingerprint density at radius 2 is 1.69 bits per heavy atom. The van der Waals surface area contributed by atoms with Gasteiger partial charge in [-0.2, -0.15) is 5.26 Å². The average Bonchev–Trinajstić information content (AvgIpc) is 2.64. The molecule has 2 atom stereocenters. The molecule has 2 amide bonds. The van der Waals surface area contributed by atoms with E-state index in [2.05, 4.69) is 11.4 Å². The first-order valence-corrected chi connectivity index (χ1v) is 8.42. The fourth-order valence-corrected chi connectivity index (χ4v) is 2.46. The molecular formula is C19H27N3O4. The summed E-state index contributed by atoms with van der Waals surface area (Å²) in [6.07, 6.45) is 0. The molecule has 0 bridgehead atoms. The van der Waals surface area contributed by atoms with Crippen LogP contribution in [0.4, 0.5) is 0 Å². The third kappa shape index (κ3) is 5.66. The fraction of sp³-hybridized carbons (Fsp3) is 0.526. The molecule has 7 heteroatoms.